The molecule has 0 atom stereocenters. The van der Waals surface area contributed by atoms with Gasteiger partial charge in [0.05, 0.1) is 7.11 Å². The van der Waals surface area contributed by atoms with Crippen molar-refractivity contribution in [1.82, 2.24) is 0 Å². The lowest BCUT2D eigenvalue weighted by Crippen LogP contribution is -2.21. The third-order valence-corrected chi connectivity index (χ3v) is 4.99. The summed E-state index contributed by atoms with van der Waals surface area (Å²) in [4.78, 5) is 0. The van der Waals surface area contributed by atoms with Crippen LogP contribution in [-0.2, 0) is 4.74 Å². The highest BCUT2D eigenvalue weighted by Gasteiger charge is 2.11. The van der Waals surface area contributed by atoms with E-state index in [1.165, 1.54) is 25.3 Å². The van der Waals surface area contributed by atoms with Crippen LogP contribution in [0.1, 0.15) is 0 Å². The summed E-state index contributed by atoms with van der Waals surface area (Å²) in [6.45, 7) is 7.80. The van der Waals surface area contributed by atoms with E-state index in [0.29, 0.717) is 11.8 Å². The summed E-state index contributed by atoms with van der Waals surface area (Å²) in [5.74, 6) is 0.340. The number of halogens is 2. The molecule has 7 heteroatoms. The van der Waals surface area contributed by atoms with Crippen LogP contribution in [0.25, 0.3) is 0 Å². The number of hydrogen-bond donors (Lipinski definition) is 2. The topological polar surface area (TPSA) is 58.9 Å². The van der Waals surface area contributed by atoms with Gasteiger partial charge in [0.25, 0.3) is 0 Å². The van der Waals surface area contributed by atoms with E-state index >= 15 is 0 Å². The quantitative estimate of drug-likeness (QED) is 0.448. The lowest BCUT2D eigenvalue weighted by Gasteiger charge is -2.14. The molecule has 4 nitrogen and oxygen atoms in total. The Hall–Kier alpha value is -0.433. The first-order valence-corrected chi connectivity index (χ1v) is 11.1. The van der Waals surface area contributed by atoms with Crippen LogP contribution in [0.5, 0.6) is 17.2 Å². The number of benzene rings is 1. The van der Waals surface area contributed by atoms with Crippen LogP contribution in [0.2, 0.25) is 25.7 Å². The van der Waals surface area contributed by atoms with E-state index < -0.39 is 8.07 Å². The van der Waals surface area contributed by atoms with Crippen molar-refractivity contribution in [3.8, 4) is 17.2 Å². The third kappa shape index (κ3) is 8.68. The molecule has 0 spiro atoms. The minimum atomic E-state index is -0.878. The van der Waals surface area contributed by atoms with E-state index in [4.69, 9.17) is 31.3 Å². The Morgan fingerprint density at radius 2 is 1.70 bits per heavy atom. The van der Waals surface area contributed by atoms with E-state index in [2.05, 4.69) is 35.6 Å². The van der Waals surface area contributed by atoms with Crippen LogP contribution < -0.4 is 4.74 Å². The van der Waals surface area contributed by atoms with Crippen molar-refractivity contribution >= 4 is 35.6 Å². The van der Waals surface area contributed by atoms with Crippen molar-refractivity contribution in [2.75, 3.05) is 19.8 Å². The first-order chi connectivity index (χ1) is 9.21. The van der Waals surface area contributed by atoms with Gasteiger partial charge in [-0.2, -0.15) is 0 Å². The van der Waals surface area contributed by atoms with Gasteiger partial charge in [0.15, 0.2) is 0 Å². The van der Waals surface area contributed by atoms with Gasteiger partial charge in [0, 0.05) is 26.8 Å². The molecule has 0 amide bonds. The molecule has 0 fully saturated rings. The number of alkyl halides is 1. The lowest BCUT2D eigenvalue weighted by molar-refractivity contribution is 0.194. The summed E-state index contributed by atoms with van der Waals surface area (Å²) in [7, 11) is 0.582. The number of phenols is 2. The maximum absolute atomic E-state index is 9.13. The van der Waals surface area contributed by atoms with Crippen molar-refractivity contribution in [2.45, 2.75) is 25.7 Å². The molecule has 1 aromatic rings. The summed E-state index contributed by atoms with van der Waals surface area (Å²) in [5.41, 5.74) is 0. The van der Waals surface area contributed by atoms with Crippen molar-refractivity contribution in [1.29, 1.82) is 0 Å². The van der Waals surface area contributed by atoms with Crippen LogP contribution in [-0.4, -0.2) is 38.1 Å². The van der Waals surface area contributed by atoms with Crippen LogP contribution in [0.3, 0.4) is 0 Å². The third-order valence-electron chi connectivity index (χ3n) is 2.32. The van der Waals surface area contributed by atoms with Crippen molar-refractivity contribution in [3.63, 3.8) is 0 Å². The summed E-state index contributed by atoms with van der Waals surface area (Å²) < 4.78 is 10.1. The molecule has 0 aliphatic carbocycles. The second-order valence-electron chi connectivity index (χ2n) is 5.31. The van der Waals surface area contributed by atoms with Crippen molar-refractivity contribution < 1.29 is 19.7 Å². The van der Waals surface area contributed by atoms with Crippen LogP contribution in [0, 0.1) is 0 Å². The second-order valence-corrected chi connectivity index (χ2v) is 11.9. The maximum Gasteiger partial charge on any atom is 0.137 e. The van der Waals surface area contributed by atoms with E-state index in [0.717, 1.165) is 6.61 Å². The average Bonchev–Trinajstić information content (AvgIpc) is 2.35. The predicted octanol–water partition coefficient (Wildman–Crippen LogP) is 4.41. The second kappa shape index (κ2) is 9.49. The van der Waals surface area contributed by atoms with Gasteiger partial charge in [-0.05, 0) is 22.0 Å². The molecule has 0 aromatic heterocycles. The normalized spacial score (nSPS) is 10.7. The molecule has 0 aliphatic rings. The Bertz CT molecular complexity index is 387. The molecular weight excluding hydrogens is 364 g/mol. The summed E-state index contributed by atoms with van der Waals surface area (Å²) in [6.07, 6.45) is 0. The van der Waals surface area contributed by atoms with E-state index in [-0.39, 0.29) is 16.0 Å². The fourth-order valence-electron chi connectivity index (χ4n) is 1.12. The number of ether oxygens (including phenoxy) is 2. The zero-order valence-electron chi connectivity index (χ0n) is 12.2. The van der Waals surface area contributed by atoms with Crippen LogP contribution >= 0.6 is 27.5 Å². The highest BCUT2D eigenvalue weighted by molar-refractivity contribution is 9.10. The largest absolute Gasteiger partial charge is 0.506 e. The Balaban J connectivity index is 0.000000370. The molecule has 2 N–H and O–H groups in total. The molecule has 0 radical (unpaired) electrons. The fraction of sp³-hybridized carbons (Fsp3) is 0.538. The summed E-state index contributed by atoms with van der Waals surface area (Å²) >= 11 is 8.31. The lowest BCUT2D eigenvalue weighted by atomic mass is 10.3. The molecule has 1 rings (SSSR count). The predicted molar refractivity (Wildman–Crippen MR) is 88.8 cm³/mol. The maximum atomic E-state index is 9.13. The van der Waals surface area contributed by atoms with Gasteiger partial charge in [0.1, 0.15) is 27.8 Å². The van der Waals surface area contributed by atoms with E-state index in [1.54, 1.807) is 0 Å². The Kier molecular flexibility index (Phi) is 9.29. The molecule has 0 unspecified atom stereocenters. The molecule has 0 saturated heterocycles. The Morgan fingerprint density at radius 1 is 1.20 bits per heavy atom. The average molecular weight is 386 g/mol. The molecule has 0 bridgehead atoms. The van der Waals surface area contributed by atoms with Gasteiger partial charge in [-0.25, -0.2) is 0 Å². The first-order valence-electron chi connectivity index (χ1n) is 6.10. The molecule has 0 aliphatic heterocycles. The number of rotatable bonds is 5. The van der Waals surface area contributed by atoms with Crippen molar-refractivity contribution in [2.24, 2.45) is 0 Å². The first kappa shape index (κ1) is 19.6. The minimum Gasteiger partial charge on any atom is -0.506 e. The van der Waals surface area contributed by atoms with Gasteiger partial charge in [-0.1, -0.05) is 31.2 Å². The van der Waals surface area contributed by atoms with Crippen LogP contribution in [0.4, 0.5) is 0 Å². The van der Waals surface area contributed by atoms with Gasteiger partial charge < -0.3 is 19.7 Å². The van der Waals surface area contributed by atoms with Gasteiger partial charge in [0.2, 0.25) is 0 Å². The van der Waals surface area contributed by atoms with E-state index in [9.17, 15) is 0 Å². The number of hydrogen-bond acceptors (Lipinski definition) is 4. The molecule has 1 aromatic carbocycles. The summed E-state index contributed by atoms with van der Waals surface area (Å²) in [6, 6.07) is 4.36. The molecular formula is C13H22BrClO4Si. The Morgan fingerprint density at radius 3 is 2.05 bits per heavy atom. The van der Waals surface area contributed by atoms with E-state index in [1.807, 2.05) is 0 Å². The zero-order valence-corrected chi connectivity index (χ0v) is 15.6. The van der Waals surface area contributed by atoms with Gasteiger partial charge in [-0.3, -0.25) is 0 Å². The smallest absolute Gasteiger partial charge is 0.137 e. The SMILES string of the molecule is COc1cc(O)c(Br)c(O)c1.C[Si](C)(C)CCOCCl. The number of phenolic OH excluding ortho intramolecular Hbond substituents is 2. The van der Waals surface area contributed by atoms with Gasteiger partial charge >= 0.3 is 0 Å². The summed E-state index contributed by atoms with van der Waals surface area (Å²) in [5, 5.41) is 18.3. The van der Waals surface area contributed by atoms with Crippen molar-refractivity contribution in [3.05, 3.63) is 16.6 Å². The highest BCUT2D eigenvalue weighted by atomic mass is 79.9. The molecule has 0 saturated carbocycles. The standard InChI is InChI=1S/C7H7BrO3.C6H15ClOSi/c1-11-4-2-5(9)7(8)6(10)3-4;1-9(2,3)5-4-8-6-7/h2-3,9-10H,1H3;4-6H2,1-3H3. The Labute approximate surface area is 134 Å². The molecule has 116 valence electrons. The van der Waals surface area contributed by atoms with Gasteiger partial charge in [-0.15, -0.1) is 0 Å². The molecule has 20 heavy (non-hydrogen) atoms. The zero-order chi connectivity index (χ0) is 15.8. The minimum absolute atomic E-state index is 0.0400. The monoisotopic (exact) mass is 384 g/mol. The fourth-order valence-corrected chi connectivity index (χ4v) is 2.21. The number of aromatic hydroxyl groups is 2. The highest BCUT2D eigenvalue weighted by Crippen LogP contribution is 2.36. The molecule has 0 heterocycles. The number of methoxy groups -OCH3 is 1. The van der Waals surface area contributed by atoms with Crippen LogP contribution in [0.15, 0.2) is 16.6 Å².